The van der Waals surface area contributed by atoms with Crippen molar-refractivity contribution >= 4 is 44.5 Å². The van der Waals surface area contributed by atoms with E-state index in [1.165, 1.54) is 12.1 Å². The second-order valence-electron chi connectivity index (χ2n) is 9.52. The molecule has 194 valence electrons. The van der Waals surface area contributed by atoms with E-state index in [0.29, 0.717) is 17.9 Å². The molecule has 0 saturated heterocycles. The van der Waals surface area contributed by atoms with E-state index in [2.05, 4.69) is 10.4 Å². The summed E-state index contributed by atoms with van der Waals surface area (Å²) in [5, 5.41) is 8.10. The minimum Gasteiger partial charge on any atom is -0.367 e. The summed E-state index contributed by atoms with van der Waals surface area (Å²) in [5.41, 5.74) is 3.33. The highest BCUT2D eigenvalue weighted by atomic mass is 35.5. The molecule has 1 N–H and O–H groups in total. The van der Waals surface area contributed by atoms with Crippen molar-refractivity contribution < 1.29 is 12.8 Å². The average molecular weight is 562 g/mol. The molecule has 0 atom stereocenters. The predicted molar refractivity (Wildman–Crippen MR) is 146 cm³/mol. The first kappa shape index (κ1) is 25.9. The van der Waals surface area contributed by atoms with Gasteiger partial charge in [-0.25, -0.2) is 17.8 Å². The van der Waals surface area contributed by atoms with Gasteiger partial charge in [-0.05, 0) is 56.9 Å². The molecule has 4 aromatic rings. The SMILES string of the molecule is Cc1cnn2c(NC3CCCC(S(=O)(=O)c4ccc(F)c(Cl)c4)CCC3)cc(-c3ccccc3Cl)nc12. The Morgan fingerprint density at radius 2 is 1.73 bits per heavy atom. The lowest BCUT2D eigenvalue weighted by atomic mass is 9.96. The van der Waals surface area contributed by atoms with Crippen molar-refractivity contribution in [2.45, 2.75) is 61.6 Å². The van der Waals surface area contributed by atoms with Crippen LogP contribution in [0.4, 0.5) is 10.2 Å². The van der Waals surface area contributed by atoms with E-state index in [-0.39, 0.29) is 16.0 Å². The molecule has 2 aromatic carbocycles. The molecule has 1 aliphatic carbocycles. The molecule has 0 amide bonds. The molecular weight excluding hydrogens is 534 g/mol. The number of anilines is 1. The number of benzene rings is 2. The number of nitrogens with zero attached hydrogens (tertiary/aromatic N) is 3. The summed E-state index contributed by atoms with van der Waals surface area (Å²) >= 11 is 12.3. The minimum absolute atomic E-state index is 0.0829. The van der Waals surface area contributed by atoms with Crippen molar-refractivity contribution in [3.63, 3.8) is 0 Å². The van der Waals surface area contributed by atoms with Crippen LogP contribution >= 0.6 is 23.2 Å². The van der Waals surface area contributed by atoms with E-state index in [0.717, 1.165) is 60.0 Å². The Hall–Kier alpha value is -2.68. The number of hydrogen-bond acceptors (Lipinski definition) is 5. The van der Waals surface area contributed by atoms with Crippen LogP contribution in [-0.4, -0.2) is 34.3 Å². The highest BCUT2D eigenvalue weighted by molar-refractivity contribution is 7.92. The fourth-order valence-electron chi connectivity index (χ4n) is 4.96. The smallest absolute Gasteiger partial charge is 0.181 e. The van der Waals surface area contributed by atoms with Crippen LogP contribution in [-0.2, 0) is 9.84 Å². The van der Waals surface area contributed by atoms with Crippen LogP contribution in [0.5, 0.6) is 0 Å². The lowest BCUT2D eigenvalue weighted by Crippen LogP contribution is -2.28. The van der Waals surface area contributed by atoms with E-state index in [9.17, 15) is 12.8 Å². The normalized spacial score (nSPS) is 18.9. The monoisotopic (exact) mass is 560 g/mol. The molecule has 0 aliphatic heterocycles. The van der Waals surface area contributed by atoms with Crippen LogP contribution in [0.1, 0.15) is 44.1 Å². The van der Waals surface area contributed by atoms with Crippen LogP contribution in [0.3, 0.4) is 0 Å². The molecule has 10 heteroatoms. The quantitative estimate of drug-likeness (QED) is 0.263. The first-order valence-electron chi connectivity index (χ1n) is 12.3. The summed E-state index contributed by atoms with van der Waals surface area (Å²) in [6, 6.07) is 13.4. The van der Waals surface area contributed by atoms with Crippen LogP contribution in [0.25, 0.3) is 16.9 Å². The van der Waals surface area contributed by atoms with Gasteiger partial charge in [0.15, 0.2) is 15.5 Å². The third kappa shape index (κ3) is 5.33. The van der Waals surface area contributed by atoms with Crippen molar-refractivity contribution in [3.8, 4) is 11.3 Å². The first-order valence-corrected chi connectivity index (χ1v) is 14.6. The summed E-state index contributed by atoms with van der Waals surface area (Å²) in [5.74, 6) is 0.200. The summed E-state index contributed by atoms with van der Waals surface area (Å²) in [6.07, 6.45) is 5.95. The van der Waals surface area contributed by atoms with Crippen molar-refractivity contribution in [2.75, 3.05) is 5.32 Å². The first-order chi connectivity index (χ1) is 17.7. The second kappa shape index (κ2) is 10.6. The van der Waals surface area contributed by atoms with E-state index in [4.69, 9.17) is 28.2 Å². The second-order valence-corrected chi connectivity index (χ2v) is 12.6. The molecule has 1 fully saturated rings. The van der Waals surface area contributed by atoms with Crippen molar-refractivity contribution in [2.24, 2.45) is 0 Å². The minimum atomic E-state index is -3.59. The van der Waals surface area contributed by atoms with E-state index < -0.39 is 20.9 Å². The number of sulfone groups is 1. The molecule has 2 aromatic heterocycles. The summed E-state index contributed by atoms with van der Waals surface area (Å²) in [7, 11) is -3.59. The number of nitrogens with one attached hydrogen (secondary N) is 1. The molecule has 1 saturated carbocycles. The number of hydrogen-bond donors (Lipinski definition) is 1. The van der Waals surface area contributed by atoms with Gasteiger partial charge in [0.1, 0.15) is 11.6 Å². The molecule has 0 bridgehead atoms. The van der Waals surface area contributed by atoms with E-state index in [1.54, 1.807) is 10.7 Å². The number of aromatic nitrogens is 3. The van der Waals surface area contributed by atoms with Crippen LogP contribution in [0.2, 0.25) is 10.0 Å². The Morgan fingerprint density at radius 3 is 2.43 bits per heavy atom. The molecule has 1 aliphatic rings. The zero-order valence-electron chi connectivity index (χ0n) is 20.3. The molecule has 0 radical (unpaired) electrons. The van der Waals surface area contributed by atoms with Gasteiger partial charge in [-0.2, -0.15) is 9.61 Å². The van der Waals surface area contributed by atoms with Gasteiger partial charge in [-0.3, -0.25) is 0 Å². The Kier molecular flexibility index (Phi) is 7.43. The van der Waals surface area contributed by atoms with Gasteiger partial charge in [-0.15, -0.1) is 0 Å². The maximum Gasteiger partial charge on any atom is 0.181 e. The van der Waals surface area contributed by atoms with E-state index in [1.807, 2.05) is 37.3 Å². The third-order valence-electron chi connectivity index (χ3n) is 6.97. The molecule has 37 heavy (non-hydrogen) atoms. The standard InChI is InChI=1S/C27H27Cl2FN4O2S/c1-17-16-31-34-26(15-25(33-27(17)34)21-10-2-3-11-22(21)28)32-18-6-4-8-19(9-5-7-18)37(35,36)20-12-13-24(30)23(29)14-20/h2-3,10-16,18-19,32H,4-9H2,1H3. The number of aryl methyl sites for hydroxylation is 1. The van der Waals surface area contributed by atoms with Gasteiger partial charge in [0.05, 0.1) is 27.1 Å². The van der Waals surface area contributed by atoms with Crippen molar-refractivity contribution in [1.29, 1.82) is 0 Å². The summed E-state index contributed by atoms with van der Waals surface area (Å²) in [4.78, 5) is 4.89. The third-order valence-corrected chi connectivity index (χ3v) is 9.85. The maximum atomic E-state index is 13.6. The van der Waals surface area contributed by atoms with E-state index >= 15 is 0 Å². The Morgan fingerprint density at radius 1 is 1.00 bits per heavy atom. The Labute approximate surface area is 225 Å². The Balaban J connectivity index is 1.34. The highest BCUT2D eigenvalue weighted by Gasteiger charge is 2.30. The van der Waals surface area contributed by atoms with Gasteiger partial charge in [0.2, 0.25) is 0 Å². The number of fused-ring (bicyclic) bond motifs is 1. The van der Waals surface area contributed by atoms with Crippen molar-refractivity contribution in [3.05, 3.63) is 76.2 Å². The largest absolute Gasteiger partial charge is 0.367 e. The van der Waals surface area contributed by atoms with Gasteiger partial charge in [-0.1, -0.05) is 54.2 Å². The zero-order valence-corrected chi connectivity index (χ0v) is 22.6. The van der Waals surface area contributed by atoms with Gasteiger partial charge in [0.25, 0.3) is 0 Å². The fraction of sp³-hybridized carbons (Fsp3) is 0.333. The highest BCUT2D eigenvalue weighted by Crippen LogP contribution is 2.32. The lowest BCUT2D eigenvalue weighted by Gasteiger charge is -2.26. The van der Waals surface area contributed by atoms with Gasteiger partial charge < -0.3 is 5.32 Å². The molecule has 0 spiro atoms. The van der Waals surface area contributed by atoms with Crippen LogP contribution in [0, 0.1) is 12.7 Å². The van der Waals surface area contributed by atoms with Crippen LogP contribution < -0.4 is 5.32 Å². The Bertz CT molecular complexity index is 1550. The van der Waals surface area contributed by atoms with Gasteiger partial charge in [0, 0.05) is 28.3 Å². The zero-order chi connectivity index (χ0) is 26.2. The molecule has 2 heterocycles. The lowest BCUT2D eigenvalue weighted by molar-refractivity contribution is 0.461. The molecular formula is C27H27Cl2FN4O2S. The number of halogens is 3. The topological polar surface area (TPSA) is 76.4 Å². The predicted octanol–water partition coefficient (Wildman–Crippen LogP) is 7.13. The molecule has 5 rings (SSSR count). The number of rotatable bonds is 5. The maximum absolute atomic E-state index is 13.6. The molecule has 6 nitrogen and oxygen atoms in total. The average Bonchev–Trinajstić information content (AvgIpc) is 3.23. The summed E-state index contributed by atoms with van der Waals surface area (Å²) < 4.78 is 41.8. The molecule has 0 unspecified atom stereocenters. The van der Waals surface area contributed by atoms with Crippen LogP contribution in [0.15, 0.2) is 59.6 Å². The fourth-order valence-corrected chi connectivity index (χ4v) is 7.32. The van der Waals surface area contributed by atoms with Gasteiger partial charge >= 0.3 is 0 Å². The van der Waals surface area contributed by atoms with Crippen molar-refractivity contribution in [1.82, 2.24) is 14.6 Å². The summed E-state index contributed by atoms with van der Waals surface area (Å²) in [6.45, 7) is 1.97.